The van der Waals surface area contributed by atoms with Gasteiger partial charge in [-0.2, -0.15) is 0 Å². The summed E-state index contributed by atoms with van der Waals surface area (Å²) in [5.41, 5.74) is 1.44. The molecule has 0 saturated carbocycles. The molecule has 1 aliphatic heterocycles. The minimum atomic E-state index is -0.347. The highest BCUT2D eigenvalue weighted by Gasteiger charge is 2.16. The molecule has 1 aromatic heterocycles. The van der Waals surface area contributed by atoms with Gasteiger partial charge in [0.15, 0.2) is 5.43 Å². The van der Waals surface area contributed by atoms with Gasteiger partial charge in [0.2, 0.25) is 0 Å². The van der Waals surface area contributed by atoms with Crippen LogP contribution in [0.3, 0.4) is 0 Å². The molecule has 7 heteroatoms. The summed E-state index contributed by atoms with van der Waals surface area (Å²) in [6.45, 7) is 5.59. The number of fused-ring (bicyclic) bond motifs is 1. The first kappa shape index (κ1) is 21.1. The predicted octanol–water partition coefficient (Wildman–Crippen LogP) is 2.42. The third-order valence-electron chi connectivity index (χ3n) is 5.79. The van der Waals surface area contributed by atoms with E-state index in [-0.39, 0.29) is 11.3 Å². The summed E-state index contributed by atoms with van der Waals surface area (Å²) in [4.78, 5) is 30.2. The molecular weight excluding hydrogens is 392 g/mol. The standard InChI is InChI=1S/C24H28N4O3/c1-26-11-13-28(14-12-26)15-16-31-23-10-6-4-8-19(23)25-24(30)21-17-22(29)18-7-3-5-9-20(18)27(21)2/h3-10,17H,11-16H2,1-2H3,(H,25,30). The van der Waals surface area contributed by atoms with E-state index in [1.165, 1.54) is 6.07 Å². The zero-order chi connectivity index (χ0) is 21.8. The highest BCUT2D eigenvalue weighted by Crippen LogP contribution is 2.24. The average Bonchev–Trinajstić information content (AvgIpc) is 2.78. The molecule has 31 heavy (non-hydrogen) atoms. The molecule has 3 aromatic rings. The first-order chi connectivity index (χ1) is 15.0. The number of likely N-dealkylation sites (N-methyl/N-ethyl adjacent to an activating group) is 1. The van der Waals surface area contributed by atoms with Crippen LogP contribution in [0.15, 0.2) is 59.4 Å². The lowest BCUT2D eigenvalue weighted by Gasteiger charge is -2.32. The molecule has 0 unspecified atom stereocenters. The summed E-state index contributed by atoms with van der Waals surface area (Å²) < 4.78 is 7.73. The number of amides is 1. The van der Waals surface area contributed by atoms with E-state index in [1.54, 1.807) is 17.7 Å². The maximum absolute atomic E-state index is 13.0. The lowest BCUT2D eigenvalue weighted by atomic mass is 10.1. The third kappa shape index (κ3) is 4.78. The van der Waals surface area contributed by atoms with Crippen molar-refractivity contribution in [1.29, 1.82) is 0 Å². The van der Waals surface area contributed by atoms with Crippen LogP contribution in [0.1, 0.15) is 10.5 Å². The second-order valence-electron chi connectivity index (χ2n) is 7.91. The Morgan fingerprint density at radius 1 is 1.00 bits per heavy atom. The van der Waals surface area contributed by atoms with Crippen molar-refractivity contribution in [3.8, 4) is 5.75 Å². The monoisotopic (exact) mass is 420 g/mol. The Kier molecular flexibility index (Phi) is 6.34. The average molecular weight is 421 g/mol. The van der Waals surface area contributed by atoms with E-state index in [1.807, 2.05) is 42.5 Å². The van der Waals surface area contributed by atoms with Crippen molar-refractivity contribution in [2.24, 2.45) is 7.05 Å². The van der Waals surface area contributed by atoms with Crippen LogP contribution in [0.4, 0.5) is 5.69 Å². The molecule has 0 atom stereocenters. The number of para-hydroxylation sites is 3. The van der Waals surface area contributed by atoms with Crippen molar-refractivity contribution in [3.63, 3.8) is 0 Å². The third-order valence-corrected chi connectivity index (χ3v) is 5.79. The van der Waals surface area contributed by atoms with Crippen molar-refractivity contribution < 1.29 is 9.53 Å². The highest BCUT2D eigenvalue weighted by atomic mass is 16.5. The van der Waals surface area contributed by atoms with E-state index in [9.17, 15) is 9.59 Å². The van der Waals surface area contributed by atoms with E-state index in [0.717, 1.165) is 38.2 Å². The molecule has 4 rings (SSSR count). The van der Waals surface area contributed by atoms with Crippen LogP contribution in [0.25, 0.3) is 10.9 Å². The number of rotatable bonds is 6. The van der Waals surface area contributed by atoms with Crippen LogP contribution in [0.5, 0.6) is 5.75 Å². The molecule has 2 aromatic carbocycles. The van der Waals surface area contributed by atoms with Gasteiger partial charge in [-0.1, -0.05) is 24.3 Å². The molecule has 0 spiro atoms. The van der Waals surface area contributed by atoms with Crippen LogP contribution in [0.2, 0.25) is 0 Å². The molecule has 7 nitrogen and oxygen atoms in total. The number of carbonyl (C=O) groups excluding carboxylic acids is 1. The number of nitrogens with one attached hydrogen (secondary N) is 1. The number of hydrogen-bond donors (Lipinski definition) is 1. The summed E-state index contributed by atoms with van der Waals surface area (Å²) in [6.07, 6.45) is 0. The number of carbonyl (C=O) groups is 1. The maximum atomic E-state index is 13.0. The Morgan fingerprint density at radius 2 is 1.71 bits per heavy atom. The molecule has 162 valence electrons. The number of benzene rings is 2. The van der Waals surface area contributed by atoms with Gasteiger partial charge in [0.1, 0.15) is 18.1 Å². The van der Waals surface area contributed by atoms with E-state index < -0.39 is 0 Å². The van der Waals surface area contributed by atoms with Crippen molar-refractivity contribution in [2.45, 2.75) is 0 Å². The highest BCUT2D eigenvalue weighted by molar-refractivity contribution is 6.05. The van der Waals surface area contributed by atoms with Crippen LogP contribution in [0, 0.1) is 0 Å². The molecule has 1 amide bonds. The normalized spacial score (nSPS) is 15.2. The lowest BCUT2D eigenvalue weighted by molar-refractivity contribution is 0.101. The smallest absolute Gasteiger partial charge is 0.272 e. The van der Waals surface area contributed by atoms with Crippen molar-refractivity contribution in [2.75, 3.05) is 51.7 Å². The SMILES string of the molecule is CN1CCN(CCOc2ccccc2NC(=O)c2cc(=O)c3ccccc3n2C)CC1. The zero-order valence-corrected chi connectivity index (χ0v) is 18.0. The Labute approximate surface area is 181 Å². The second kappa shape index (κ2) is 9.32. The number of aryl methyl sites for hydroxylation is 1. The molecule has 1 N–H and O–H groups in total. The predicted molar refractivity (Wildman–Crippen MR) is 123 cm³/mol. The fraction of sp³-hybridized carbons (Fsp3) is 0.333. The summed E-state index contributed by atoms with van der Waals surface area (Å²) in [7, 11) is 3.92. The molecule has 0 aliphatic carbocycles. The second-order valence-corrected chi connectivity index (χ2v) is 7.91. The molecule has 0 radical (unpaired) electrons. The van der Waals surface area contributed by atoms with Crippen LogP contribution < -0.4 is 15.5 Å². The number of aromatic nitrogens is 1. The zero-order valence-electron chi connectivity index (χ0n) is 18.0. The minimum absolute atomic E-state index is 0.171. The number of hydrogen-bond acceptors (Lipinski definition) is 5. The van der Waals surface area contributed by atoms with Gasteiger partial charge in [-0.15, -0.1) is 0 Å². The lowest BCUT2D eigenvalue weighted by Crippen LogP contribution is -2.45. The fourth-order valence-corrected chi connectivity index (χ4v) is 3.86. The summed E-state index contributed by atoms with van der Waals surface area (Å²) in [5.74, 6) is 0.274. The van der Waals surface area contributed by atoms with Crippen molar-refractivity contribution in [3.05, 3.63) is 70.5 Å². The van der Waals surface area contributed by atoms with Gasteiger partial charge in [-0.05, 0) is 31.3 Å². The quantitative estimate of drug-likeness (QED) is 0.664. The van der Waals surface area contributed by atoms with Gasteiger partial charge in [-0.25, -0.2) is 0 Å². The molecule has 1 saturated heterocycles. The Bertz CT molecular complexity index is 1130. The molecule has 0 bridgehead atoms. The largest absolute Gasteiger partial charge is 0.490 e. The fourth-order valence-electron chi connectivity index (χ4n) is 3.86. The minimum Gasteiger partial charge on any atom is -0.490 e. The molecule has 1 fully saturated rings. The summed E-state index contributed by atoms with van der Waals surface area (Å²) in [5, 5.41) is 3.50. The van der Waals surface area contributed by atoms with Gasteiger partial charge in [0.25, 0.3) is 5.91 Å². The molecule has 1 aliphatic rings. The first-order valence-electron chi connectivity index (χ1n) is 10.6. The maximum Gasteiger partial charge on any atom is 0.272 e. The number of anilines is 1. The van der Waals surface area contributed by atoms with E-state index in [0.29, 0.717) is 29.1 Å². The molecule has 2 heterocycles. The van der Waals surface area contributed by atoms with Crippen LogP contribution in [-0.2, 0) is 7.05 Å². The van der Waals surface area contributed by atoms with E-state index in [4.69, 9.17) is 4.74 Å². The van der Waals surface area contributed by atoms with Gasteiger partial charge in [0.05, 0.1) is 11.2 Å². The van der Waals surface area contributed by atoms with E-state index in [2.05, 4.69) is 22.2 Å². The summed E-state index contributed by atoms with van der Waals surface area (Å²) in [6, 6.07) is 16.0. The number of piperazine rings is 1. The summed E-state index contributed by atoms with van der Waals surface area (Å²) >= 11 is 0. The Balaban J connectivity index is 1.46. The van der Waals surface area contributed by atoms with E-state index >= 15 is 0 Å². The van der Waals surface area contributed by atoms with Gasteiger partial charge in [-0.3, -0.25) is 14.5 Å². The Morgan fingerprint density at radius 3 is 2.52 bits per heavy atom. The number of nitrogens with zero attached hydrogens (tertiary/aromatic N) is 3. The van der Waals surface area contributed by atoms with Gasteiger partial charge < -0.3 is 19.5 Å². The van der Waals surface area contributed by atoms with Gasteiger partial charge in [0, 0.05) is 51.2 Å². The number of pyridine rings is 1. The van der Waals surface area contributed by atoms with Gasteiger partial charge >= 0.3 is 0 Å². The topological polar surface area (TPSA) is 66.8 Å². The van der Waals surface area contributed by atoms with Crippen molar-refractivity contribution >= 4 is 22.5 Å². The van der Waals surface area contributed by atoms with Crippen LogP contribution in [-0.4, -0.2) is 66.7 Å². The van der Waals surface area contributed by atoms with Crippen molar-refractivity contribution in [1.82, 2.24) is 14.4 Å². The first-order valence-corrected chi connectivity index (χ1v) is 10.6. The van der Waals surface area contributed by atoms with Crippen LogP contribution >= 0.6 is 0 Å². The molecular formula is C24H28N4O3. The number of ether oxygens (including phenoxy) is 1. The Hall–Kier alpha value is -3.16.